The first-order valence-electron chi connectivity index (χ1n) is 7.73. The highest BCUT2D eigenvalue weighted by atomic mass is 35.5. The van der Waals surface area contributed by atoms with E-state index in [1.54, 1.807) is 5.57 Å². The monoisotopic (exact) mass is 324 g/mol. The van der Waals surface area contributed by atoms with Crippen LogP contribution in [0, 0.1) is 11.8 Å². The lowest BCUT2D eigenvalue weighted by Gasteiger charge is -2.16. The maximum Gasteiger partial charge on any atom is 0.0677 e. The molecule has 0 radical (unpaired) electrons. The van der Waals surface area contributed by atoms with Gasteiger partial charge in [-0.05, 0) is 53.0 Å². The smallest absolute Gasteiger partial charge is 0.0677 e. The third kappa shape index (κ3) is 1.60. The van der Waals surface area contributed by atoms with Crippen molar-refractivity contribution in [2.75, 3.05) is 0 Å². The van der Waals surface area contributed by atoms with Crippen LogP contribution in [0.4, 0.5) is 0 Å². The van der Waals surface area contributed by atoms with Gasteiger partial charge in [0, 0.05) is 5.56 Å². The molecule has 0 N–H and O–H groups in total. The third-order valence-corrected chi connectivity index (χ3v) is 6.06. The Labute approximate surface area is 140 Å². The average Bonchev–Trinajstić information content (AvgIpc) is 3.23. The van der Waals surface area contributed by atoms with E-state index in [1.807, 2.05) is 6.07 Å². The summed E-state index contributed by atoms with van der Waals surface area (Å²) < 4.78 is 0. The van der Waals surface area contributed by atoms with Crippen molar-refractivity contribution in [2.45, 2.75) is 12.8 Å². The molecule has 1 saturated carbocycles. The van der Waals surface area contributed by atoms with Gasteiger partial charge in [0.2, 0.25) is 0 Å². The Morgan fingerprint density at radius 3 is 2.41 bits per heavy atom. The molecule has 2 unspecified atom stereocenters. The van der Waals surface area contributed by atoms with E-state index in [1.165, 1.54) is 28.7 Å². The fourth-order valence-electron chi connectivity index (χ4n) is 4.33. The van der Waals surface area contributed by atoms with E-state index >= 15 is 0 Å². The highest BCUT2D eigenvalue weighted by Gasteiger charge is 2.37. The zero-order chi connectivity index (χ0) is 14.8. The number of benzene rings is 2. The Balaban J connectivity index is 1.89. The summed E-state index contributed by atoms with van der Waals surface area (Å²) in [5, 5.41) is 1.34. The summed E-state index contributed by atoms with van der Waals surface area (Å²) in [6.45, 7) is 0. The minimum absolute atomic E-state index is 0.578. The molecule has 0 nitrogen and oxygen atoms in total. The van der Waals surface area contributed by atoms with Crippen LogP contribution in [0.5, 0.6) is 0 Å². The Hall–Kier alpha value is -1.50. The van der Waals surface area contributed by atoms with E-state index < -0.39 is 0 Å². The summed E-state index contributed by atoms with van der Waals surface area (Å²) in [5.41, 5.74) is 7.85. The Morgan fingerprint density at radius 1 is 0.864 bits per heavy atom. The van der Waals surface area contributed by atoms with Crippen molar-refractivity contribution in [3.8, 4) is 11.1 Å². The van der Waals surface area contributed by atoms with Gasteiger partial charge >= 0.3 is 0 Å². The maximum absolute atomic E-state index is 6.62. The normalized spacial score (nSPS) is 27.4. The minimum Gasteiger partial charge on any atom is -0.0845 e. The molecule has 2 bridgehead atoms. The predicted octanol–water partition coefficient (Wildman–Crippen LogP) is 6.37. The maximum atomic E-state index is 6.62. The van der Waals surface area contributed by atoms with Gasteiger partial charge < -0.3 is 0 Å². The number of halogens is 2. The van der Waals surface area contributed by atoms with Crippen LogP contribution in [0.25, 0.3) is 16.7 Å². The lowest BCUT2D eigenvalue weighted by atomic mass is 9.90. The van der Waals surface area contributed by atoms with Crippen molar-refractivity contribution in [3.05, 3.63) is 75.3 Å². The Kier molecular flexibility index (Phi) is 2.66. The first-order valence-corrected chi connectivity index (χ1v) is 8.49. The summed E-state index contributed by atoms with van der Waals surface area (Å²) in [5.74, 6) is 1.29. The molecule has 108 valence electrons. The summed E-state index contributed by atoms with van der Waals surface area (Å²) in [6.07, 6.45) is 7.16. The zero-order valence-electron chi connectivity index (χ0n) is 11.9. The molecule has 0 spiro atoms. The molecule has 3 aliphatic carbocycles. The van der Waals surface area contributed by atoms with Gasteiger partial charge in [0.1, 0.15) is 0 Å². The highest BCUT2D eigenvalue weighted by Crippen LogP contribution is 2.55. The molecule has 3 aliphatic rings. The van der Waals surface area contributed by atoms with E-state index in [4.69, 9.17) is 23.2 Å². The van der Waals surface area contributed by atoms with Crippen molar-refractivity contribution in [2.24, 2.45) is 11.8 Å². The third-order valence-electron chi connectivity index (χ3n) is 5.25. The van der Waals surface area contributed by atoms with Crippen LogP contribution in [0.1, 0.15) is 24.0 Å². The van der Waals surface area contributed by atoms with Crippen molar-refractivity contribution < 1.29 is 0 Å². The van der Waals surface area contributed by atoms with E-state index in [0.29, 0.717) is 21.9 Å². The van der Waals surface area contributed by atoms with Crippen molar-refractivity contribution in [3.63, 3.8) is 0 Å². The average molecular weight is 325 g/mol. The molecule has 0 saturated heterocycles. The molecule has 2 aromatic rings. The van der Waals surface area contributed by atoms with Gasteiger partial charge in [-0.3, -0.25) is 0 Å². The SMILES string of the molecule is Clc1ccc2c(c1Cl)C(=C1CC3C=CC1C3)c1ccccc1-2. The standard InChI is InChI=1S/C20H14Cl2/c21-17-8-7-15-13-3-1-2-4-14(13)18(19(15)20(17)22)16-10-11-5-6-12(16)9-11/h1-8,11-12H,9-10H2. The number of rotatable bonds is 0. The summed E-state index contributed by atoms with van der Waals surface area (Å²) in [4.78, 5) is 0. The topological polar surface area (TPSA) is 0 Å². The van der Waals surface area contributed by atoms with E-state index in [2.05, 4.69) is 42.5 Å². The van der Waals surface area contributed by atoms with E-state index in [9.17, 15) is 0 Å². The van der Waals surface area contributed by atoms with Crippen LogP contribution in [-0.2, 0) is 0 Å². The summed E-state index contributed by atoms with van der Waals surface area (Å²) in [7, 11) is 0. The highest BCUT2D eigenvalue weighted by molar-refractivity contribution is 6.44. The lowest BCUT2D eigenvalue weighted by Crippen LogP contribution is -1.98. The number of fused-ring (bicyclic) bond motifs is 5. The largest absolute Gasteiger partial charge is 0.0845 e. The molecule has 2 atom stereocenters. The van der Waals surface area contributed by atoms with Crippen molar-refractivity contribution >= 4 is 28.8 Å². The number of hydrogen-bond acceptors (Lipinski definition) is 0. The van der Waals surface area contributed by atoms with Crippen LogP contribution in [0.2, 0.25) is 10.0 Å². The molecule has 22 heavy (non-hydrogen) atoms. The fraction of sp³-hybridized carbons (Fsp3) is 0.200. The Morgan fingerprint density at radius 2 is 1.68 bits per heavy atom. The molecular formula is C20H14Cl2. The first kappa shape index (κ1) is 13.0. The van der Waals surface area contributed by atoms with Gasteiger partial charge in [0.05, 0.1) is 10.0 Å². The number of allylic oxidation sites excluding steroid dienone is 3. The van der Waals surface area contributed by atoms with Crippen LogP contribution in [0.15, 0.2) is 54.1 Å². The van der Waals surface area contributed by atoms with Crippen molar-refractivity contribution in [1.82, 2.24) is 0 Å². The molecule has 0 heterocycles. The molecule has 0 amide bonds. The van der Waals surface area contributed by atoms with Gasteiger partial charge in [0.15, 0.2) is 0 Å². The van der Waals surface area contributed by atoms with Gasteiger partial charge in [-0.15, -0.1) is 0 Å². The summed E-state index contributed by atoms with van der Waals surface area (Å²) in [6, 6.07) is 12.6. The molecule has 0 aliphatic heterocycles. The van der Waals surface area contributed by atoms with Crippen LogP contribution < -0.4 is 0 Å². The molecule has 5 rings (SSSR count). The van der Waals surface area contributed by atoms with Gasteiger partial charge in [-0.25, -0.2) is 0 Å². The molecular weight excluding hydrogens is 311 g/mol. The second-order valence-electron chi connectivity index (χ2n) is 6.42. The minimum atomic E-state index is 0.578. The second-order valence-corrected chi connectivity index (χ2v) is 7.21. The Bertz CT molecular complexity index is 873. The summed E-state index contributed by atoms with van der Waals surface area (Å²) >= 11 is 12.9. The van der Waals surface area contributed by atoms with Gasteiger partial charge in [0.25, 0.3) is 0 Å². The fourth-order valence-corrected chi connectivity index (χ4v) is 4.75. The van der Waals surface area contributed by atoms with Crippen LogP contribution in [-0.4, -0.2) is 0 Å². The quantitative estimate of drug-likeness (QED) is 0.421. The molecule has 0 aromatic heterocycles. The lowest BCUT2D eigenvalue weighted by molar-refractivity contribution is 0.693. The van der Waals surface area contributed by atoms with E-state index in [-0.39, 0.29) is 0 Å². The van der Waals surface area contributed by atoms with Gasteiger partial charge in [-0.2, -0.15) is 0 Å². The van der Waals surface area contributed by atoms with Gasteiger partial charge in [-0.1, -0.05) is 71.3 Å². The first-order chi connectivity index (χ1) is 10.7. The molecule has 2 aromatic carbocycles. The molecule has 2 heteroatoms. The molecule has 1 fully saturated rings. The zero-order valence-corrected chi connectivity index (χ0v) is 13.5. The van der Waals surface area contributed by atoms with Crippen LogP contribution in [0.3, 0.4) is 0 Å². The number of hydrogen-bond donors (Lipinski definition) is 0. The van der Waals surface area contributed by atoms with Crippen LogP contribution >= 0.6 is 23.2 Å². The second kappa shape index (κ2) is 4.50. The van der Waals surface area contributed by atoms with Crippen molar-refractivity contribution in [1.29, 1.82) is 0 Å². The van der Waals surface area contributed by atoms with E-state index in [0.717, 1.165) is 12.0 Å². The predicted molar refractivity (Wildman–Crippen MR) is 93.3 cm³/mol.